The summed E-state index contributed by atoms with van der Waals surface area (Å²) in [6.07, 6.45) is -0.879. The number of esters is 1. The van der Waals surface area contributed by atoms with Gasteiger partial charge in [0.05, 0.1) is 18.8 Å². The lowest BCUT2D eigenvalue weighted by molar-refractivity contribution is -0.921. The van der Waals surface area contributed by atoms with Gasteiger partial charge in [-0.15, -0.1) is 0 Å². The minimum Gasteiger partial charge on any atom is -0.449 e. The molecule has 0 saturated carbocycles. The van der Waals surface area contributed by atoms with E-state index in [0.29, 0.717) is 11.3 Å². The monoisotopic (exact) mass is 369 g/mol. The van der Waals surface area contributed by atoms with Crippen LogP contribution in [0.25, 0.3) is 0 Å². The number of morpholine rings is 1. The fourth-order valence-corrected chi connectivity index (χ4v) is 2.93. The van der Waals surface area contributed by atoms with Gasteiger partial charge in [-0.3, -0.25) is 4.79 Å². The largest absolute Gasteiger partial charge is 0.449 e. The zero-order valence-corrected chi connectivity index (χ0v) is 15.4. The molecule has 27 heavy (non-hydrogen) atoms. The van der Waals surface area contributed by atoms with Crippen molar-refractivity contribution in [1.82, 2.24) is 0 Å². The molecular formula is C21H25N2O4+. The summed E-state index contributed by atoms with van der Waals surface area (Å²) >= 11 is 0. The molecule has 1 amide bonds. The van der Waals surface area contributed by atoms with E-state index >= 15 is 0 Å². The number of hydrogen-bond donors (Lipinski definition) is 2. The number of para-hydroxylation sites is 1. The average Bonchev–Trinajstić information content (AvgIpc) is 2.70. The van der Waals surface area contributed by atoms with Gasteiger partial charge in [-0.05, 0) is 31.2 Å². The molecule has 6 heteroatoms. The third-order valence-corrected chi connectivity index (χ3v) is 4.54. The van der Waals surface area contributed by atoms with Crippen molar-refractivity contribution in [3.05, 3.63) is 65.7 Å². The van der Waals surface area contributed by atoms with Crippen molar-refractivity contribution >= 4 is 17.6 Å². The SMILES string of the molecule is C[C@@H](OC(=O)c1ccc(C[NH+]2CCOCC2)cc1)C(=O)Nc1ccccc1. The zero-order chi connectivity index (χ0) is 19.1. The molecule has 3 rings (SSSR count). The van der Waals surface area contributed by atoms with Crippen LogP contribution in [0.2, 0.25) is 0 Å². The first kappa shape index (κ1) is 19.1. The van der Waals surface area contributed by atoms with Crippen molar-refractivity contribution in [2.24, 2.45) is 0 Å². The molecule has 0 unspecified atom stereocenters. The molecule has 6 nitrogen and oxygen atoms in total. The Morgan fingerprint density at radius 1 is 1.07 bits per heavy atom. The number of benzene rings is 2. The summed E-state index contributed by atoms with van der Waals surface area (Å²) in [4.78, 5) is 25.9. The Morgan fingerprint density at radius 3 is 2.41 bits per heavy atom. The van der Waals surface area contributed by atoms with E-state index in [4.69, 9.17) is 9.47 Å². The molecule has 142 valence electrons. The maximum atomic E-state index is 12.3. The van der Waals surface area contributed by atoms with Gasteiger partial charge >= 0.3 is 5.97 Å². The molecule has 0 aliphatic carbocycles. The number of quaternary nitrogens is 1. The first-order chi connectivity index (χ1) is 13.1. The van der Waals surface area contributed by atoms with Crippen molar-refractivity contribution in [3.8, 4) is 0 Å². The van der Waals surface area contributed by atoms with Gasteiger partial charge in [-0.1, -0.05) is 30.3 Å². The highest BCUT2D eigenvalue weighted by Gasteiger charge is 2.19. The molecule has 2 N–H and O–H groups in total. The summed E-state index contributed by atoms with van der Waals surface area (Å²) < 4.78 is 10.7. The van der Waals surface area contributed by atoms with Gasteiger partial charge < -0.3 is 19.7 Å². The molecule has 1 saturated heterocycles. The number of ether oxygens (including phenoxy) is 2. The summed E-state index contributed by atoms with van der Waals surface area (Å²) in [6, 6.07) is 16.5. The first-order valence-electron chi connectivity index (χ1n) is 9.19. The molecule has 2 aromatic carbocycles. The van der Waals surface area contributed by atoms with Crippen LogP contribution in [0.1, 0.15) is 22.8 Å². The van der Waals surface area contributed by atoms with Crippen molar-refractivity contribution in [2.45, 2.75) is 19.6 Å². The molecule has 0 bridgehead atoms. The minimum absolute atomic E-state index is 0.359. The van der Waals surface area contributed by atoms with Crippen LogP contribution in [0, 0.1) is 0 Å². The normalized spacial score (nSPS) is 15.7. The van der Waals surface area contributed by atoms with Crippen LogP contribution < -0.4 is 10.2 Å². The topological polar surface area (TPSA) is 69.1 Å². The van der Waals surface area contributed by atoms with Crippen LogP contribution in [0.5, 0.6) is 0 Å². The Balaban J connectivity index is 1.51. The van der Waals surface area contributed by atoms with Crippen molar-refractivity contribution in [3.63, 3.8) is 0 Å². The molecule has 0 spiro atoms. The number of carbonyl (C=O) groups excluding carboxylic acids is 2. The zero-order valence-electron chi connectivity index (χ0n) is 15.4. The second-order valence-electron chi connectivity index (χ2n) is 6.64. The Hall–Kier alpha value is -2.70. The number of anilines is 1. The fraction of sp³-hybridized carbons (Fsp3) is 0.333. The quantitative estimate of drug-likeness (QED) is 0.753. The number of rotatable bonds is 6. The summed E-state index contributed by atoms with van der Waals surface area (Å²) in [6.45, 7) is 6.06. The Kier molecular flexibility index (Phi) is 6.57. The standard InChI is InChI=1S/C21H24N2O4/c1-16(20(24)22-19-5-3-2-4-6-19)27-21(25)18-9-7-17(8-10-18)15-23-11-13-26-14-12-23/h2-10,16H,11-15H2,1H3,(H,22,24)/p+1/t16-/m1/s1. The molecule has 2 aromatic rings. The van der Waals surface area contributed by atoms with E-state index in [1.54, 1.807) is 31.2 Å². The van der Waals surface area contributed by atoms with Crippen LogP contribution in [0.4, 0.5) is 5.69 Å². The molecule has 1 fully saturated rings. The van der Waals surface area contributed by atoms with Crippen LogP contribution in [-0.2, 0) is 20.8 Å². The predicted molar refractivity (Wildman–Crippen MR) is 102 cm³/mol. The number of hydrogen-bond acceptors (Lipinski definition) is 4. The highest BCUT2D eigenvalue weighted by Crippen LogP contribution is 2.10. The second kappa shape index (κ2) is 9.30. The summed E-state index contributed by atoms with van der Waals surface area (Å²) in [5, 5.41) is 2.72. The van der Waals surface area contributed by atoms with Gasteiger partial charge in [0.15, 0.2) is 6.10 Å². The maximum absolute atomic E-state index is 12.3. The smallest absolute Gasteiger partial charge is 0.338 e. The van der Waals surface area contributed by atoms with Crippen LogP contribution in [-0.4, -0.2) is 44.3 Å². The predicted octanol–water partition coefficient (Wildman–Crippen LogP) is 1.29. The lowest BCUT2D eigenvalue weighted by atomic mass is 10.1. The van der Waals surface area contributed by atoms with E-state index < -0.39 is 12.1 Å². The Bertz CT molecular complexity index is 756. The Labute approximate surface area is 159 Å². The van der Waals surface area contributed by atoms with Gasteiger partial charge in [-0.2, -0.15) is 0 Å². The van der Waals surface area contributed by atoms with Gasteiger partial charge in [0.2, 0.25) is 0 Å². The fourth-order valence-electron chi connectivity index (χ4n) is 2.93. The Morgan fingerprint density at radius 2 is 1.74 bits per heavy atom. The molecule has 1 atom stereocenters. The molecule has 0 aromatic heterocycles. The number of amides is 1. The third-order valence-electron chi connectivity index (χ3n) is 4.54. The van der Waals surface area contributed by atoms with Gasteiger partial charge in [0.1, 0.15) is 19.6 Å². The summed E-state index contributed by atoms with van der Waals surface area (Å²) in [5.74, 6) is -0.863. The highest BCUT2D eigenvalue weighted by atomic mass is 16.5. The van der Waals surface area contributed by atoms with Crippen molar-refractivity contribution in [2.75, 3.05) is 31.6 Å². The van der Waals surface area contributed by atoms with E-state index in [1.807, 2.05) is 30.3 Å². The van der Waals surface area contributed by atoms with Crippen molar-refractivity contribution < 1.29 is 24.0 Å². The first-order valence-corrected chi connectivity index (χ1v) is 9.19. The molecule has 1 aliphatic heterocycles. The van der Waals surface area contributed by atoms with Crippen LogP contribution in [0.15, 0.2) is 54.6 Å². The minimum atomic E-state index is -0.879. The van der Waals surface area contributed by atoms with E-state index in [1.165, 1.54) is 10.5 Å². The van der Waals surface area contributed by atoms with Gasteiger partial charge in [0.25, 0.3) is 5.91 Å². The third kappa shape index (κ3) is 5.64. The highest BCUT2D eigenvalue weighted by molar-refractivity contribution is 5.97. The number of nitrogens with one attached hydrogen (secondary N) is 2. The summed E-state index contributed by atoms with van der Waals surface area (Å²) in [7, 11) is 0. The lowest BCUT2D eigenvalue weighted by Crippen LogP contribution is -3.12. The second-order valence-corrected chi connectivity index (χ2v) is 6.64. The molecule has 1 heterocycles. The number of carbonyl (C=O) groups is 2. The molecular weight excluding hydrogens is 344 g/mol. The van der Waals surface area contributed by atoms with E-state index in [-0.39, 0.29) is 5.91 Å². The average molecular weight is 369 g/mol. The molecule has 0 radical (unpaired) electrons. The van der Waals surface area contributed by atoms with E-state index in [2.05, 4.69) is 5.32 Å². The maximum Gasteiger partial charge on any atom is 0.338 e. The van der Waals surface area contributed by atoms with Gasteiger partial charge in [-0.25, -0.2) is 4.79 Å². The summed E-state index contributed by atoms with van der Waals surface area (Å²) in [5.41, 5.74) is 2.27. The lowest BCUT2D eigenvalue weighted by Gasteiger charge is -2.23. The van der Waals surface area contributed by atoms with Crippen LogP contribution in [0.3, 0.4) is 0 Å². The molecule has 1 aliphatic rings. The van der Waals surface area contributed by atoms with Gasteiger partial charge in [0, 0.05) is 11.3 Å². The van der Waals surface area contributed by atoms with E-state index in [9.17, 15) is 9.59 Å². The van der Waals surface area contributed by atoms with Crippen molar-refractivity contribution in [1.29, 1.82) is 0 Å². The van der Waals surface area contributed by atoms with E-state index in [0.717, 1.165) is 32.8 Å². The van der Waals surface area contributed by atoms with Crippen LogP contribution >= 0.6 is 0 Å².